The number of nitrogens with zero attached hydrogens (tertiary/aromatic N) is 1. The smallest absolute Gasteiger partial charge is 0.256 e. The Kier molecular flexibility index (Phi) is 4.42. The van der Waals surface area contributed by atoms with Gasteiger partial charge in [0.2, 0.25) is 0 Å². The Labute approximate surface area is 126 Å². The van der Waals surface area contributed by atoms with Crippen LogP contribution in [0.1, 0.15) is 64.8 Å². The minimum absolute atomic E-state index is 0.135. The molecule has 0 spiro atoms. The van der Waals surface area contributed by atoms with Crippen molar-refractivity contribution in [2.75, 3.05) is 12.3 Å². The largest absolute Gasteiger partial charge is 0.383 e. The molecule has 1 aliphatic carbocycles. The lowest BCUT2D eigenvalue weighted by molar-refractivity contribution is -0.0948. The van der Waals surface area contributed by atoms with Crippen LogP contribution < -0.4 is 11.3 Å². The van der Waals surface area contributed by atoms with Crippen molar-refractivity contribution in [3.8, 4) is 0 Å². The summed E-state index contributed by atoms with van der Waals surface area (Å²) < 4.78 is 6.05. The van der Waals surface area contributed by atoms with Crippen LogP contribution in [0.2, 0.25) is 0 Å². The Morgan fingerprint density at radius 2 is 1.86 bits per heavy atom. The highest BCUT2D eigenvalue weighted by atomic mass is 16.5. The zero-order valence-corrected chi connectivity index (χ0v) is 13.6. The maximum atomic E-state index is 12.2. The molecule has 1 aliphatic rings. The molecule has 0 saturated heterocycles. The Morgan fingerprint density at radius 1 is 1.24 bits per heavy atom. The van der Waals surface area contributed by atoms with Crippen LogP contribution in [0, 0.1) is 5.41 Å². The van der Waals surface area contributed by atoms with Crippen LogP contribution in [-0.2, 0) is 16.8 Å². The molecule has 1 saturated carbocycles. The van der Waals surface area contributed by atoms with Gasteiger partial charge in [-0.2, -0.15) is 0 Å². The first-order valence-corrected chi connectivity index (χ1v) is 7.86. The van der Waals surface area contributed by atoms with Gasteiger partial charge in [0, 0.05) is 6.61 Å². The van der Waals surface area contributed by atoms with Crippen LogP contribution >= 0.6 is 0 Å². The standard InChI is InChI=1S/C16H27N3O2/c1-5-11-12(17)18-14(19-13(11)20)16(21-6-2)9-7-15(3,4)8-10-16/h5-10H2,1-4H3,(H3,17,18,19,20). The number of aromatic amines is 1. The van der Waals surface area contributed by atoms with Crippen molar-refractivity contribution in [2.45, 2.75) is 65.4 Å². The second-order valence-electron chi connectivity index (χ2n) is 6.72. The van der Waals surface area contributed by atoms with E-state index in [1.807, 2.05) is 13.8 Å². The van der Waals surface area contributed by atoms with Gasteiger partial charge in [-0.3, -0.25) is 4.79 Å². The number of nitrogen functional groups attached to an aromatic ring is 1. The molecule has 0 radical (unpaired) electrons. The van der Waals surface area contributed by atoms with Crippen LogP contribution in [0.5, 0.6) is 0 Å². The van der Waals surface area contributed by atoms with Crippen molar-refractivity contribution in [1.82, 2.24) is 9.97 Å². The molecule has 0 amide bonds. The first-order valence-electron chi connectivity index (χ1n) is 7.86. The summed E-state index contributed by atoms with van der Waals surface area (Å²) in [7, 11) is 0. The van der Waals surface area contributed by atoms with Crippen LogP contribution in [0.4, 0.5) is 5.82 Å². The highest BCUT2D eigenvalue weighted by molar-refractivity contribution is 5.38. The predicted molar refractivity (Wildman–Crippen MR) is 84.2 cm³/mol. The highest BCUT2D eigenvalue weighted by Gasteiger charge is 2.42. The van der Waals surface area contributed by atoms with Crippen molar-refractivity contribution in [3.05, 3.63) is 21.7 Å². The Bertz CT molecular complexity index is 553. The van der Waals surface area contributed by atoms with Crippen LogP contribution in [-0.4, -0.2) is 16.6 Å². The quantitative estimate of drug-likeness (QED) is 0.894. The molecule has 2 rings (SSSR count). The molecular weight excluding hydrogens is 266 g/mol. The molecule has 118 valence electrons. The van der Waals surface area contributed by atoms with Gasteiger partial charge in [0.15, 0.2) is 0 Å². The molecule has 0 unspecified atom stereocenters. The summed E-state index contributed by atoms with van der Waals surface area (Å²) in [5.74, 6) is 0.930. The van der Waals surface area contributed by atoms with Gasteiger partial charge in [-0.05, 0) is 44.4 Å². The molecular formula is C16H27N3O2. The molecule has 1 heterocycles. The Hall–Kier alpha value is -1.36. The summed E-state index contributed by atoms with van der Waals surface area (Å²) >= 11 is 0. The van der Waals surface area contributed by atoms with Gasteiger partial charge in [0.1, 0.15) is 17.2 Å². The fourth-order valence-electron chi connectivity index (χ4n) is 3.13. The van der Waals surface area contributed by atoms with Crippen molar-refractivity contribution in [3.63, 3.8) is 0 Å². The summed E-state index contributed by atoms with van der Waals surface area (Å²) in [4.78, 5) is 19.6. The van der Waals surface area contributed by atoms with E-state index in [1.165, 1.54) is 0 Å². The molecule has 21 heavy (non-hydrogen) atoms. The SMILES string of the molecule is CCOC1(c2nc(N)c(CC)c(=O)[nH]2)CCC(C)(C)CC1. The lowest BCUT2D eigenvalue weighted by atomic mass is 9.70. The second kappa shape index (κ2) is 5.79. The number of hydrogen-bond donors (Lipinski definition) is 2. The molecule has 5 nitrogen and oxygen atoms in total. The van der Waals surface area contributed by atoms with E-state index in [-0.39, 0.29) is 5.56 Å². The number of ether oxygens (including phenoxy) is 1. The van der Waals surface area contributed by atoms with Gasteiger partial charge in [-0.15, -0.1) is 0 Å². The minimum atomic E-state index is -0.496. The summed E-state index contributed by atoms with van der Waals surface area (Å²) in [5, 5.41) is 0. The van der Waals surface area contributed by atoms with Crippen molar-refractivity contribution < 1.29 is 4.74 Å². The number of H-pyrrole nitrogens is 1. The van der Waals surface area contributed by atoms with Crippen LogP contribution in [0.3, 0.4) is 0 Å². The number of hydrogen-bond acceptors (Lipinski definition) is 4. The molecule has 1 fully saturated rings. The maximum absolute atomic E-state index is 12.2. The summed E-state index contributed by atoms with van der Waals surface area (Å²) in [6, 6.07) is 0. The molecule has 3 N–H and O–H groups in total. The molecule has 1 aromatic rings. The van der Waals surface area contributed by atoms with E-state index >= 15 is 0 Å². The normalized spacial score (nSPS) is 20.4. The molecule has 1 aromatic heterocycles. The van der Waals surface area contributed by atoms with E-state index < -0.39 is 5.60 Å². The van der Waals surface area contributed by atoms with Gasteiger partial charge in [-0.25, -0.2) is 4.98 Å². The number of anilines is 1. The van der Waals surface area contributed by atoms with Crippen molar-refractivity contribution >= 4 is 5.82 Å². The molecule has 0 bridgehead atoms. The fraction of sp³-hybridized carbons (Fsp3) is 0.750. The zero-order valence-electron chi connectivity index (χ0n) is 13.6. The molecule has 0 aliphatic heterocycles. The number of nitrogens with two attached hydrogens (primary N) is 1. The molecule has 5 heteroatoms. The van der Waals surface area contributed by atoms with Crippen molar-refractivity contribution in [1.29, 1.82) is 0 Å². The summed E-state index contributed by atoms with van der Waals surface area (Å²) in [6.07, 6.45) is 4.41. The van der Waals surface area contributed by atoms with Crippen LogP contribution in [0.15, 0.2) is 4.79 Å². The van der Waals surface area contributed by atoms with E-state index in [1.54, 1.807) is 0 Å². The first kappa shape index (κ1) is 16.0. The topological polar surface area (TPSA) is 81.0 Å². The third kappa shape index (κ3) is 3.12. The average molecular weight is 293 g/mol. The molecule has 0 atom stereocenters. The van der Waals surface area contributed by atoms with E-state index in [4.69, 9.17) is 10.5 Å². The van der Waals surface area contributed by atoms with Crippen molar-refractivity contribution in [2.24, 2.45) is 5.41 Å². The lowest BCUT2D eigenvalue weighted by Crippen LogP contribution is -2.40. The van der Waals surface area contributed by atoms with Gasteiger partial charge >= 0.3 is 0 Å². The third-order valence-corrected chi connectivity index (χ3v) is 4.66. The fourth-order valence-corrected chi connectivity index (χ4v) is 3.13. The highest BCUT2D eigenvalue weighted by Crippen LogP contribution is 2.46. The maximum Gasteiger partial charge on any atom is 0.256 e. The first-order chi connectivity index (χ1) is 9.83. The van der Waals surface area contributed by atoms with E-state index in [0.29, 0.717) is 35.6 Å². The number of rotatable bonds is 4. The van der Waals surface area contributed by atoms with Crippen LogP contribution in [0.25, 0.3) is 0 Å². The average Bonchev–Trinajstić information content (AvgIpc) is 2.41. The van der Waals surface area contributed by atoms with Gasteiger partial charge in [0.05, 0.1) is 5.56 Å². The second-order valence-corrected chi connectivity index (χ2v) is 6.72. The lowest BCUT2D eigenvalue weighted by Gasteiger charge is -2.42. The molecule has 0 aromatic carbocycles. The Morgan fingerprint density at radius 3 is 2.33 bits per heavy atom. The van der Waals surface area contributed by atoms with Gasteiger partial charge in [0.25, 0.3) is 5.56 Å². The third-order valence-electron chi connectivity index (χ3n) is 4.66. The monoisotopic (exact) mass is 293 g/mol. The number of aromatic nitrogens is 2. The van der Waals surface area contributed by atoms with Gasteiger partial charge < -0.3 is 15.5 Å². The van der Waals surface area contributed by atoms with E-state index in [9.17, 15) is 4.79 Å². The number of nitrogens with one attached hydrogen (secondary N) is 1. The Balaban J connectivity index is 2.42. The summed E-state index contributed by atoms with van der Waals surface area (Å²) in [6.45, 7) is 9.02. The van der Waals surface area contributed by atoms with Gasteiger partial charge in [-0.1, -0.05) is 20.8 Å². The predicted octanol–water partition coefficient (Wildman–Crippen LogP) is 2.75. The minimum Gasteiger partial charge on any atom is -0.383 e. The zero-order chi connectivity index (χ0) is 15.7. The van der Waals surface area contributed by atoms with E-state index in [0.717, 1.165) is 25.7 Å². The van der Waals surface area contributed by atoms with E-state index in [2.05, 4.69) is 23.8 Å². The summed E-state index contributed by atoms with van der Waals surface area (Å²) in [5.41, 5.74) is 6.20.